The van der Waals surface area contributed by atoms with Crippen LogP contribution in [-0.4, -0.2) is 23.5 Å². The average Bonchev–Trinajstić information content (AvgIpc) is 2.75. The van der Waals surface area contributed by atoms with Gasteiger partial charge < -0.3 is 20.7 Å². The van der Waals surface area contributed by atoms with Gasteiger partial charge in [-0.05, 0) is 80.7 Å². The molecule has 0 saturated heterocycles. The molecule has 0 bridgehead atoms. The fourth-order valence-electron chi connectivity index (χ4n) is 3.18. The SMILES string of the molecule is CCC(=O)Nc1cc(NC(=S)NC(=O)C(C)(C)CCCOc2cc(C)ccc2C)ccc1C. The van der Waals surface area contributed by atoms with Gasteiger partial charge in [-0.3, -0.25) is 9.59 Å². The van der Waals surface area contributed by atoms with E-state index in [1.807, 2.05) is 58.9 Å². The van der Waals surface area contributed by atoms with E-state index in [2.05, 4.69) is 22.0 Å². The fraction of sp³-hybridized carbons (Fsp3) is 0.423. The maximum absolute atomic E-state index is 12.8. The van der Waals surface area contributed by atoms with Crippen molar-refractivity contribution in [2.24, 2.45) is 5.41 Å². The van der Waals surface area contributed by atoms with Crippen molar-refractivity contribution in [1.29, 1.82) is 0 Å². The second-order valence-corrected chi connectivity index (χ2v) is 9.35. The number of nitrogens with one attached hydrogen (secondary N) is 3. The molecule has 3 N–H and O–H groups in total. The molecule has 0 heterocycles. The molecule has 7 heteroatoms. The summed E-state index contributed by atoms with van der Waals surface area (Å²) in [5.74, 6) is 0.669. The van der Waals surface area contributed by atoms with Crippen molar-refractivity contribution in [3.63, 3.8) is 0 Å². The minimum Gasteiger partial charge on any atom is -0.493 e. The van der Waals surface area contributed by atoms with E-state index in [0.717, 1.165) is 28.9 Å². The van der Waals surface area contributed by atoms with Crippen LogP contribution in [0.2, 0.25) is 0 Å². The van der Waals surface area contributed by atoms with Crippen LogP contribution in [-0.2, 0) is 9.59 Å². The Labute approximate surface area is 202 Å². The van der Waals surface area contributed by atoms with Crippen LogP contribution >= 0.6 is 12.2 Å². The summed E-state index contributed by atoms with van der Waals surface area (Å²) in [5, 5.41) is 8.89. The van der Waals surface area contributed by atoms with Gasteiger partial charge in [0.25, 0.3) is 0 Å². The largest absolute Gasteiger partial charge is 0.493 e. The number of carbonyl (C=O) groups excluding carboxylic acids is 2. The summed E-state index contributed by atoms with van der Waals surface area (Å²) in [6, 6.07) is 11.7. The number of aryl methyl sites for hydroxylation is 3. The number of rotatable bonds is 9. The molecular weight excluding hydrogens is 434 g/mol. The van der Waals surface area contributed by atoms with Gasteiger partial charge in [0.2, 0.25) is 11.8 Å². The van der Waals surface area contributed by atoms with Crippen LogP contribution in [0.25, 0.3) is 0 Å². The molecule has 0 aromatic heterocycles. The van der Waals surface area contributed by atoms with E-state index in [9.17, 15) is 9.59 Å². The molecule has 2 aromatic rings. The third-order valence-electron chi connectivity index (χ3n) is 5.48. The lowest BCUT2D eigenvalue weighted by Crippen LogP contribution is -2.42. The molecule has 0 unspecified atom stereocenters. The van der Waals surface area contributed by atoms with E-state index >= 15 is 0 Å². The van der Waals surface area contributed by atoms with Gasteiger partial charge in [-0.15, -0.1) is 0 Å². The maximum atomic E-state index is 12.8. The second-order valence-electron chi connectivity index (χ2n) is 8.94. The van der Waals surface area contributed by atoms with E-state index < -0.39 is 5.41 Å². The standard InChI is InChI=1S/C26H35N3O3S/c1-7-23(30)28-21-16-20(12-11-18(21)3)27-25(33)29-24(31)26(5,6)13-8-14-32-22-15-17(2)9-10-19(22)4/h9-12,15-16H,7-8,13-14H2,1-6H3,(H,28,30)(H2,27,29,31,33). The summed E-state index contributed by atoms with van der Waals surface area (Å²) in [4.78, 5) is 24.5. The van der Waals surface area contributed by atoms with Gasteiger partial charge in [-0.25, -0.2) is 0 Å². The van der Waals surface area contributed by atoms with Crippen LogP contribution in [0.3, 0.4) is 0 Å². The first-order chi connectivity index (χ1) is 15.5. The van der Waals surface area contributed by atoms with E-state index in [0.29, 0.717) is 30.8 Å². The summed E-state index contributed by atoms with van der Waals surface area (Å²) in [5.41, 5.74) is 4.00. The molecule has 0 radical (unpaired) electrons. The lowest BCUT2D eigenvalue weighted by atomic mass is 9.87. The molecule has 2 rings (SSSR count). The van der Waals surface area contributed by atoms with Gasteiger partial charge in [0.1, 0.15) is 5.75 Å². The van der Waals surface area contributed by atoms with Crippen LogP contribution < -0.4 is 20.7 Å². The molecule has 2 aromatic carbocycles. The maximum Gasteiger partial charge on any atom is 0.231 e. The number of hydrogen-bond acceptors (Lipinski definition) is 4. The Kier molecular flexibility index (Phi) is 9.41. The van der Waals surface area contributed by atoms with Crippen molar-refractivity contribution >= 4 is 40.5 Å². The molecule has 178 valence electrons. The third kappa shape index (κ3) is 8.17. The first-order valence-electron chi connectivity index (χ1n) is 11.2. The summed E-state index contributed by atoms with van der Waals surface area (Å²) >= 11 is 5.34. The molecule has 0 fully saturated rings. The average molecular weight is 470 g/mol. The monoisotopic (exact) mass is 469 g/mol. The molecule has 0 aliphatic rings. The second kappa shape index (κ2) is 11.8. The van der Waals surface area contributed by atoms with Gasteiger partial charge in [0.05, 0.1) is 6.61 Å². The van der Waals surface area contributed by atoms with Gasteiger partial charge in [0, 0.05) is 23.2 Å². The van der Waals surface area contributed by atoms with Crippen molar-refractivity contribution in [1.82, 2.24) is 5.32 Å². The predicted molar refractivity (Wildman–Crippen MR) is 139 cm³/mol. The van der Waals surface area contributed by atoms with Crippen molar-refractivity contribution < 1.29 is 14.3 Å². The Morgan fingerprint density at radius 2 is 1.70 bits per heavy atom. The van der Waals surface area contributed by atoms with E-state index in [-0.39, 0.29) is 16.9 Å². The number of ether oxygens (including phenoxy) is 1. The zero-order chi connectivity index (χ0) is 24.6. The smallest absolute Gasteiger partial charge is 0.231 e. The molecule has 2 amide bonds. The highest BCUT2D eigenvalue weighted by molar-refractivity contribution is 7.80. The molecule has 0 atom stereocenters. The number of hydrogen-bond donors (Lipinski definition) is 3. The number of anilines is 2. The third-order valence-corrected chi connectivity index (χ3v) is 5.68. The highest BCUT2D eigenvalue weighted by atomic mass is 32.1. The first kappa shape index (κ1) is 26.3. The van der Waals surface area contributed by atoms with Gasteiger partial charge in [-0.1, -0.05) is 39.0 Å². The molecule has 0 saturated carbocycles. The Morgan fingerprint density at radius 3 is 2.39 bits per heavy atom. The van der Waals surface area contributed by atoms with Crippen LogP contribution in [0.1, 0.15) is 56.7 Å². The minimum atomic E-state index is -0.607. The molecule has 6 nitrogen and oxygen atoms in total. The van der Waals surface area contributed by atoms with Crippen LogP contribution in [0.15, 0.2) is 36.4 Å². The zero-order valence-corrected chi connectivity index (χ0v) is 21.2. The van der Waals surface area contributed by atoms with Crippen molar-refractivity contribution in [3.05, 3.63) is 53.1 Å². The highest BCUT2D eigenvalue weighted by Gasteiger charge is 2.28. The Hall–Kier alpha value is -2.93. The van der Waals surface area contributed by atoms with E-state index in [1.165, 1.54) is 0 Å². The van der Waals surface area contributed by atoms with Crippen molar-refractivity contribution in [2.75, 3.05) is 17.2 Å². The van der Waals surface area contributed by atoms with Gasteiger partial charge in [0.15, 0.2) is 5.11 Å². The molecule has 33 heavy (non-hydrogen) atoms. The van der Waals surface area contributed by atoms with E-state index in [1.54, 1.807) is 13.0 Å². The van der Waals surface area contributed by atoms with Crippen LogP contribution in [0.5, 0.6) is 5.75 Å². The summed E-state index contributed by atoms with van der Waals surface area (Å²) in [6.07, 6.45) is 1.80. The highest BCUT2D eigenvalue weighted by Crippen LogP contribution is 2.25. The van der Waals surface area contributed by atoms with Crippen LogP contribution in [0.4, 0.5) is 11.4 Å². The minimum absolute atomic E-state index is 0.0607. The fourth-order valence-corrected chi connectivity index (χ4v) is 3.39. The number of thiocarbonyl (C=S) groups is 1. The topological polar surface area (TPSA) is 79.5 Å². The first-order valence-corrected chi connectivity index (χ1v) is 11.7. The lowest BCUT2D eigenvalue weighted by molar-refractivity contribution is -0.128. The Balaban J connectivity index is 1.86. The predicted octanol–water partition coefficient (Wildman–Crippen LogP) is 5.66. The van der Waals surface area contributed by atoms with Crippen LogP contribution in [0, 0.1) is 26.2 Å². The Morgan fingerprint density at radius 1 is 1.00 bits per heavy atom. The van der Waals surface area contributed by atoms with E-state index in [4.69, 9.17) is 17.0 Å². The number of amides is 2. The molecule has 0 aliphatic heterocycles. The Bertz CT molecular complexity index is 1020. The van der Waals surface area contributed by atoms with Crippen molar-refractivity contribution in [3.8, 4) is 5.75 Å². The lowest BCUT2D eigenvalue weighted by Gasteiger charge is -2.24. The zero-order valence-electron chi connectivity index (χ0n) is 20.4. The normalized spacial score (nSPS) is 11.0. The molecule has 0 spiro atoms. The molecule has 0 aliphatic carbocycles. The molecular formula is C26H35N3O3S. The summed E-state index contributed by atoms with van der Waals surface area (Å²) in [6.45, 7) is 12.1. The summed E-state index contributed by atoms with van der Waals surface area (Å²) in [7, 11) is 0. The quantitative estimate of drug-likeness (QED) is 0.326. The summed E-state index contributed by atoms with van der Waals surface area (Å²) < 4.78 is 5.91. The van der Waals surface area contributed by atoms with Gasteiger partial charge >= 0.3 is 0 Å². The number of benzene rings is 2. The number of carbonyl (C=O) groups is 2. The van der Waals surface area contributed by atoms with Gasteiger partial charge in [-0.2, -0.15) is 0 Å². The van der Waals surface area contributed by atoms with Crippen molar-refractivity contribution in [2.45, 2.75) is 60.8 Å².